The molecule has 130 valence electrons. The first-order chi connectivity index (χ1) is 12.1. The number of nitrogens with zero attached hydrogens (tertiary/aromatic N) is 1. The van der Waals surface area contributed by atoms with Gasteiger partial charge in [0.15, 0.2) is 0 Å². The van der Waals surface area contributed by atoms with E-state index in [9.17, 15) is 5.11 Å². The number of rotatable bonds is 3. The van der Waals surface area contributed by atoms with Crippen molar-refractivity contribution in [2.45, 2.75) is 25.5 Å². The van der Waals surface area contributed by atoms with Gasteiger partial charge in [-0.2, -0.15) is 0 Å². The van der Waals surface area contributed by atoms with E-state index in [0.717, 1.165) is 36.2 Å². The highest BCUT2D eigenvalue weighted by Crippen LogP contribution is 2.42. The highest BCUT2D eigenvalue weighted by molar-refractivity contribution is 6.31. The number of fused-ring (bicyclic) bond motifs is 1. The molecule has 2 aromatic carbocycles. The van der Waals surface area contributed by atoms with Crippen molar-refractivity contribution in [2.24, 2.45) is 5.92 Å². The lowest BCUT2D eigenvalue weighted by Gasteiger charge is -2.43. The Morgan fingerprint density at radius 1 is 1.24 bits per heavy atom. The van der Waals surface area contributed by atoms with Crippen LogP contribution in [0, 0.1) is 5.92 Å². The molecule has 2 atom stereocenters. The zero-order valence-electron chi connectivity index (χ0n) is 14.3. The molecule has 0 radical (unpaired) electrons. The van der Waals surface area contributed by atoms with Crippen LogP contribution >= 0.6 is 11.6 Å². The smallest absolute Gasteiger partial charge is 0.140 e. The molecule has 4 rings (SSSR count). The predicted octanol–water partition coefficient (Wildman–Crippen LogP) is 4.82. The second-order valence-electron chi connectivity index (χ2n) is 7.09. The third-order valence-electron chi connectivity index (χ3n) is 5.39. The van der Waals surface area contributed by atoms with E-state index < -0.39 is 5.60 Å². The zero-order chi connectivity index (χ0) is 17.4. The van der Waals surface area contributed by atoms with Crippen molar-refractivity contribution in [3.63, 3.8) is 0 Å². The summed E-state index contributed by atoms with van der Waals surface area (Å²) in [6.07, 6.45) is 2.32. The first-order valence-electron chi connectivity index (χ1n) is 8.72. The molecular formula is C21H22ClNO2. The third kappa shape index (κ3) is 3.08. The molecule has 2 heterocycles. The Hall–Kier alpha value is -1.81. The zero-order valence-corrected chi connectivity index (χ0v) is 15.0. The summed E-state index contributed by atoms with van der Waals surface area (Å²) >= 11 is 6.28. The number of piperidine rings is 1. The van der Waals surface area contributed by atoms with E-state index in [1.165, 1.54) is 5.56 Å². The van der Waals surface area contributed by atoms with E-state index in [-0.39, 0.29) is 5.92 Å². The Labute approximate surface area is 152 Å². The first kappa shape index (κ1) is 16.6. The Kier molecular flexibility index (Phi) is 4.32. The molecule has 0 aliphatic carbocycles. The topological polar surface area (TPSA) is 36.6 Å². The number of furan rings is 1. The fraction of sp³-hybridized carbons (Fsp3) is 0.333. The fourth-order valence-corrected chi connectivity index (χ4v) is 4.18. The van der Waals surface area contributed by atoms with Crippen LogP contribution in [0.3, 0.4) is 0 Å². The van der Waals surface area contributed by atoms with E-state index in [0.29, 0.717) is 11.4 Å². The van der Waals surface area contributed by atoms with Gasteiger partial charge in [-0.05, 0) is 30.2 Å². The van der Waals surface area contributed by atoms with Crippen molar-refractivity contribution in [3.8, 4) is 0 Å². The Morgan fingerprint density at radius 3 is 2.80 bits per heavy atom. The summed E-state index contributed by atoms with van der Waals surface area (Å²) in [6.45, 7) is 4.68. The Morgan fingerprint density at radius 2 is 2.04 bits per heavy atom. The maximum atomic E-state index is 11.5. The van der Waals surface area contributed by atoms with Gasteiger partial charge in [0.05, 0.1) is 11.9 Å². The average Bonchev–Trinajstić information content (AvgIpc) is 3.06. The molecular weight excluding hydrogens is 334 g/mol. The first-order valence-corrected chi connectivity index (χ1v) is 9.10. The minimum Gasteiger partial charge on any atom is -0.464 e. The van der Waals surface area contributed by atoms with Crippen LogP contribution in [0.5, 0.6) is 0 Å². The van der Waals surface area contributed by atoms with Crippen molar-refractivity contribution in [2.75, 3.05) is 13.1 Å². The van der Waals surface area contributed by atoms with Crippen LogP contribution in [-0.4, -0.2) is 23.1 Å². The summed E-state index contributed by atoms with van der Waals surface area (Å²) < 4.78 is 5.66. The molecule has 1 N–H and O–H groups in total. The van der Waals surface area contributed by atoms with Crippen molar-refractivity contribution in [1.29, 1.82) is 0 Å². The number of likely N-dealkylation sites (tertiary alicyclic amines) is 1. The lowest BCUT2D eigenvalue weighted by molar-refractivity contribution is -0.0722. The number of benzene rings is 2. The van der Waals surface area contributed by atoms with Gasteiger partial charge in [-0.15, -0.1) is 0 Å². The van der Waals surface area contributed by atoms with E-state index in [4.69, 9.17) is 16.0 Å². The van der Waals surface area contributed by atoms with Crippen molar-refractivity contribution in [3.05, 3.63) is 70.9 Å². The summed E-state index contributed by atoms with van der Waals surface area (Å²) in [4.78, 5) is 2.40. The molecule has 0 bridgehead atoms. The number of hydrogen-bond donors (Lipinski definition) is 1. The minimum absolute atomic E-state index is 0.0803. The van der Waals surface area contributed by atoms with Crippen molar-refractivity contribution in [1.82, 2.24) is 4.90 Å². The Bertz CT molecular complexity index is 876. The number of halogens is 1. The summed E-state index contributed by atoms with van der Waals surface area (Å²) in [6, 6.07) is 16.1. The highest BCUT2D eigenvalue weighted by atomic mass is 35.5. The van der Waals surface area contributed by atoms with E-state index in [1.807, 2.05) is 24.3 Å². The second-order valence-corrected chi connectivity index (χ2v) is 7.52. The summed E-state index contributed by atoms with van der Waals surface area (Å²) in [5.41, 5.74) is 1.94. The molecule has 1 aromatic heterocycles. The molecule has 1 saturated heterocycles. The van der Waals surface area contributed by atoms with Gasteiger partial charge in [-0.3, -0.25) is 4.90 Å². The molecule has 0 saturated carbocycles. The lowest BCUT2D eigenvalue weighted by atomic mass is 9.76. The van der Waals surface area contributed by atoms with Gasteiger partial charge in [0.1, 0.15) is 5.58 Å². The molecule has 0 spiro atoms. The maximum Gasteiger partial charge on any atom is 0.140 e. The van der Waals surface area contributed by atoms with Crippen LogP contribution in [0.1, 0.15) is 24.5 Å². The molecule has 1 aliphatic rings. The minimum atomic E-state index is -0.922. The predicted molar refractivity (Wildman–Crippen MR) is 101 cm³/mol. The summed E-state index contributed by atoms with van der Waals surface area (Å²) in [5, 5.41) is 13.1. The van der Waals surface area contributed by atoms with Gasteiger partial charge < -0.3 is 9.52 Å². The van der Waals surface area contributed by atoms with E-state index in [1.54, 1.807) is 6.26 Å². The summed E-state index contributed by atoms with van der Waals surface area (Å²) in [5.74, 6) is 0.0803. The van der Waals surface area contributed by atoms with Gasteiger partial charge in [0.2, 0.25) is 0 Å². The molecule has 1 fully saturated rings. The molecule has 2 unspecified atom stereocenters. The monoisotopic (exact) mass is 355 g/mol. The molecule has 4 heteroatoms. The molecule has 3 aromatic rings. The third-order valence-corrected chi connectivity index (χ3v) is 5.61. The quantitative estimate of drug-likeness (QED) is 0.732. The van der Waals surface area contributed by atoms with Gasteiger partial charge in [0, 0.05) is 41.5 Å². The number of aliphatic hydroxyl groups is 1. The number of hydrogen-bond acceptors (Lipinski definition) is 3. The van der Waals surface area contributed by atoms with E-state index in [2.05, 4.69) is 36.1 Å². The maximum absolute atomic E-state index is 11.5. The van der Waals surface area contributed by atoms with E-state index >= 15 is 0 Å². The summed E-state index contributed by atoms with van der Waals surface area (Å²) in [7, 11) is 0. The van der Waals surface area contributed by atoms with Gasteiger partial charge in [0.25, 0.3) is 0 Å². The van der Waals surface area contributed by atoms with Crippen LogP contribution in [0.4, 0.5) is 0 Å². The molecule has 3 nitrogen and oxygen atoms in total. The molecule has 25 heavy (non-hydrogen) atoms. The van der Waals surface area contributed by atoms with Crippen LogP contribution in [0.15, 0.2) is 59.2 Å². The van der Waals surface area contributed by atoms with Gasteiger partial charge >= 0.3 is 0 Å². The van der Waals surface area contributed by atoms with Crippen LogP contribution in [0.2, 0.25) is 5.02 Å². The second kappa shape index (κ2) is 6.49. The molecule has 0 amide bonds. The fourth-order valence-electron chi connectivity index (χ4n) is 3.96. The SMILES string of the molecule is CC1CN(Cc2ccccc2)CCC1(O)c1cc(Cl)cc2ccoc12. The van der Waals surface area contributed by atoms with Crippen molar-refractivity contribution < 1.29 is 9.52 Å². The van der Waals surface area contributed by atoms with Crippen LogP contribution < -0.4 is 0 Å². The average molecular weight is 356 g/mol. The van der Waals surface area contributed by atoms with Crippen LogP contribution in [0.25, 0.3) is 11.0 Å². The normalized spacial score (nSPS) is 24.7. The lowest BCUT2D eigenvalue weighted by Crippen LogP contribution is -2.48. The highest BCUT2D eigenvalue weighted by Gasteiger charge is 2.42. The van der Waals surface area contributed by atoms with Crippen molar-refractivity contribution >= 4 is 22.6 Å². The Balaban J connectivity index is 1.60. The standard InChI is InChI=1S/C21H22ClNO2/c1-15-13-23(14-16-5-3-2-4-6-16)9-8-21(15,24)19-12-18(22)11-17-7-10-25-20(17)19/h2-7,10-12,15,24H,8-9,13-14H2,1H3. The van der Waals surface area contributed by atoms with Gasteiger partial charge in [-0.1, -0.05) is 48.9 Å². The molecule has 1 aliphatic heterocycles. The van der Waals surface area contributed by atoms with Crippen LogP contribution in [-0.2, 0) is 12.1 Å². The van der Waals surface area contributed by atoms with Gasteiger partial charge in [-0.25, -0.2) is 0 Å². The largest absolute Gasteiger partial charge is 0.464 e.